The topological polar surface area (TPSA) is 132 Å². The number of benzene rings is 1. The molecule has 0 fully saturated rings. The quantitative estimate of drug-likeness (QED) is 0.344. The van der Waals surface area contributed by atoms with E-state index in [4.69, 9.17) is 10.5 Å². The monoisotopic (exact) mass is 489 g/mol. The van der Waals surface area contributed by atoms with Crippen molar-refractivity contribution in [1.29, 1.82) is 0 Å². The summed E-state index contributed by atoms with van der Waals surface area (Å²) in [5, 5.41) is 2.47. The molecule has 0 spiro atoms. The molecule has 182 valence electrons. The molecule has 4 N–H and O–H groups in total. The van der Waals surface area contributed by atoms with Crippen molar-refractivity contribution in [2.24, 2.45) is 5.92 Å². The van der Waals surface area contributed by atoms with Crippen LogP contribution in [0.15, 0.2) is 36.4 Å². The Morgan fingerprint density at radius 2 is 1.88 bits per heavy atom. The lowest BCUT2D eigenvalue weighted by atomic mass is 9.98. The number of carbonyl (C=O) groups excluding carboxylic acids is 1. The molecule has 0 radical (unpaired) electrons. The van der Waals surface area contributed by atoms with Crippen LogP contribution < -0.4 is 15.8 Å². The third kappa shape index (κ3) is 8.21. The van der Waals surface area contributed by atoms with Gasteiger partial charge in [-0.1, -0.05) is 32.0 Å². The molecule has 2 rings (SSSR count). The molecule has 33 heavy (non-hydrogen) atoms. The lowest BCUT2D eigenvalue weighted by molar-refractivity contribution is -0.141. The number of para-hydroxylation sites is 1. The van der Waals surface area contributed by atoms with E-state index in [1.807, 2.05) is 13.8 Å². The molecule has 1 unspecified atom stereocenters. The van der Waals surface area contributed by atoms with Crippen molar-refractivity contribution in [3.05, 3.63) is 53.2 Å². The predicted octanol–water partition coefficient (Wildman–Crippen LogP) is 3.40. The Morgan fingerprint density at radius 1 is 1.21 bits per heavy atom. The molecule has 1 aromatic carbocycles. The van der Waals surface area contributed by atoms with Crippen LogP contribution in [0.3, 0.4) is 0 Å². The van der Waals surface area contributed by atoms with Gasteiger partial charge in [-0.2, -0.15) is 21.6 Å². The number of hydrogen-bond acceptors (Lipinski definition) is 6. The fourth-order valence-corrected chi connectivity index (χ4v) is 3.68. The van der Waals surface area contributed by atoms with Crippen LogP contribution in [-0.4, -0.2) is 36.2 Å². The number of ether oxygens (including phenoxy) is 1. The highest BCUT2D eigenvalue weighted by Crippen LogP contribution is 2.30. The number of nitrogen functional groups attached to an aromatic ring is 1. The highest BCUT2D eigenvalue weighted by atomic mass is 32.2. The molecule has 0 aliphatic carbocycles. The van der Waals surface area contributed by atoms with Crippen LogP contribution in [0.25, 0.3) is 0 Å². The van der Waals surface area contributed by atoms with Gasteiger partial charge in [-0.15, -0.1) is 0 Å². The van der Waals surface area contributed by atoms with Crippen LogP contribution in [0.4, 0.5) is 18.9 Å². The van der Waals surface area contributed by atoms with Gasteiger partial charge in [-0.3, -0.25) is 9.35 Å². The first kappa shape index (κ1) is 26.4. The number of amides is 1. The van der Waals surface area contributed by atoms with Crippen LogP contribution in [-0.2, 0) is 27.6 Å². The molecule has 8 nitrogen and oxygen atoms in total. The highest BCUT2D eigenvalue weighted by molar-refractivity contribution is 7.85. The number of carbonyl (C=O) groups is 1. The van der Waals surface area contributed by atoms with Crippen LogP contribution in [0, 0.1) is 5.92 Å². The summed E-state index contributed by atoms with van der Waals surface area (Å²) in [4.78, 5) is 16.3. The average molecular weight is 490 g/mol. The summed E-state index contributed by atoms with van der Waals surface area (Å²) in [7, 11) is -4.54. The van der Waals surface area contributed by atoms with E-state index in [0.29, 0.717) is 6.42 Å². The van der Waals surface area contributed by atoms with Crippen molar-refractivity contribution in [3.8, 4) is 5.88 Å². The Balaban J connectivity index is 2.27. The van der Waals surface area contributed by atoms with E-state index in [0.717, 1.165) is 12.1 Å². The summed E-state index contributed by atoms with van der Waals surface area (Å²) in [5.74, 6) is -3.09. The molecule has 1 atom stereocenters. The van der Waals surface area contributed by atoms with Crippen LogP contribution >= 0.6 is 0 Å². The van der Waals surface area contributed by atoms with Crippen molar-refractivity contribution >= 4 is 21.7 Å². The number of nitrogens with two attached hydrogens (primary N) is 1. The summed E-state index contributed by atoms with van der Waals surface area (Å²) in [6, 6.07) is 7.97. The molecule has 0 saturated heterocycles. The second-order valence-corrected chi connectivity index (χ2v) is 9.33. The number of pyridine rings is 1. The van der Waals surface area contributed by atoms with E-state index < -0.39 is 39.6 Å². The van der Waals surface area contributed by atoms with Gasteiger partial charge >= 0.3 is 6.18 Å². The van der Waals surface area contributed by atoms with Gasteiger partial charge in [0.2, 0.25) is 11.8 Å². The first-order chi connectivity index (χ1) is 15.3. The van der Waals surface area contributed by atoms with Gasteiger partial charge in [-0.25, -0.2) is 4.98 Å². The minimum Gasteiger partial charge on any atom is -0.477 e. The fourth-order valence-electron chi connectivity index (χ4n) is 2.93. The van der Waals surface area contributed by atoms with E-state index in [9.17, 15) is 30.9 Å². The van der Waals surface area contributed by atoms with Crippen molar-refractivity contribution in [2.75, 3.05) is 18.1 Å². The lowest BCUT2D eigenvalue weighted by Crippen LogP contribution is -2.33. The third-order valence-corrected chi connectivity index (χ3v) is 5.44. The molecule has 1 amide bonds. The number of rotatable bonds is 10. The smallest absolute Gasteiger partial charge is 0.433 e. The number of anilines is 1. The standard InChI is InChI=1S/C21H26F3N3O5S/c1-13(2)9-10-32-20-14(7-8-18(27-20)21(22,23)24)11-26-19(28)16(12-33(29,30)31)15-5-3-4-6-17(15)25/h3-8,13,16H,9-12,25H2,1-2H3,(H,26,28)(H,29,30,31). The number of halogens is 3. The van der Waals surface area contributed by atoms with Crippen LogP contribution in [0.5, 0.6) is 5.88 Å². The molecule has 1 aromatic heterocycles. The maximum atomic E-state index is 13.1. The van der Waals surface area contributed by atoms with E-state index in [-0.39, 0.29) is 41.8 Å². The van der Waals surface area contributed by atoms with E-state index >= 15 is 0 Å². The third-order valence-electron chi connectivity index (χ3n) is 4.68. The minimum absolute atomic E-state index is 0.124. The zero-order valence-electron chi connectivity index (χ0n) is 18.1. The maximum absolute atomic E-state index is 13.1. The fraction of sp³-hybridized carbons (Fsp3) is 0.429. The van der Waals surface area contributed by atoms with Crippen LogP contribution in [0.1, 0.15) is 43.0 Å². The minimum atomic E-state index is -4.68. The summed E-state index contributed by atoms with van der Waals surface area (Å²) in [6.45, 7) is 3.69. The summed E-state index contributed by atoms with van der Waals surface area (Å²) < 4.78 is 76.9. The summed E-state index contributed by atoms with van der Waals surface area (Å²) in [5.41, 5.74) is 5.22. The molecule has 12 heteroatoms. The second-order valence-electron chi connectivity index (χ2n) is 7.84. The largest absolute Gasteiger partial charge is 0.477 e. The number of nitrogens with one attached hydrogen (secondary N) is 1. The molecule has 0 bridgehead atoms. The Morgan fingerprint density at radius 3 is 2.45 bits per heavy atom. The van der Waals surface area contributed by atoms with Crippen molar-refractivity contribution in [1.82, 2.24) is 10.3 Å². The molecule has 0 saturated carbocycles. The van der Waals surface area contributed by atoms with E-state index in [1.54, 1.807) is 12.1 Å². The van der Waals surface area contributed by atoms with Gasteiger partial charge in [0, 0.05) is 17.8 Å². The molecular formula is C21H26F3N3O5S. The van der Waals surface area contributed by atoms with E-state index in [1.165, 1.54) is 12.1 Å². The summed E-state index contributed by atoms with van der Waals surface area (Å²) >= 11 is 0. The molecular weight excluding hydrogens is 463 g/mol. The van der Waals surface area contributed by atoms with Gasteiger partial charge in [0.05, 0.1) is 18.3 Å². The zero-order chi connectivity index (χ0) is 24.8. The SMILES string of the molecule is CC(C)CCOc1nc(C(F)(F)F)ccc1CNC(=O)C(CS(=O)(=O)O)c1ccccc1N. The lowest BCUT2D eigenvalue weighted by Gasteiger charge is -2.19. The number of alkyl halides is 3. The first-order valence-corrected chi connectivity index (χ1v) is 11.7. The number of hydrogen-bond donors (Lipinski definition) is 3. The van der Waals surface area contributed by atoms with E-state index in [2.05, 4.69) is 10.3 Å². The highest BCUT2D eigenvalue weighted by Gasteiger charge is 2.33. The van der Waals surface area contributed by atoms with Gasteiger partial charge in [0.15, 0.2) is 0 Å². The average Bonchev–Trinajstić information content (AvgIpc) is 2.69. The Hall–Kier alpha value is -2.86. The predicted molar refractivity (Wildman–Crippen MR) is 116 cm³/mol. The second kappa shape index (κ2) is 10.8. The first-order valence-electron chi connectivity index (χ1n) is 10.0. The van der Waals surface area contributed by atoms with Gasteiger partial charge in [-0.05, 0) is 36.1 Å². The zero-order valence-corrected chi connectivity index (χ0v) is 18.9. The maximum Gasteiger partial charge on any atom is 0.433 e. The van der Waals surface area contributed by atoms with Crippen molar-refractivity contribution < 1.29 is 35.7 Å². The Bertz CT molecular complexity index is 1080. The van der Waals surface area contributed by atoms with Gasteiger partial charge < -0.3 is 15.8 Å². The molecule has 0 aliphatic heterocycles. The van der Waals surface area contributed by atoms with Crippen molar-refractivity contribution in [3.63, 3.8) is 0 Å². The van der Waals surface area contributed by atoms with Crippen LogP contribution in [0.2, 0.25) is 0 Å². The van der Waals surface area contributed by atoms with Crippen molar-refractivity contribution in [2.45, 2.75) is 38.9 Å². The molecule has 1 heterocycles. The molecule has 2 aromatic rings. The normalized spacial score (nSPS) is 13.1. The molecule has 0 aliphatic rings. The van der Waals surface area contributed by atoms with Gasteiger partial charge in [0.1, 0.15) is 5.69 Å². The number of aromatic nitrogens is 1. The van der Waals surface area contributed by atoms with Gasteiger partial charge in [0.25, 0.3) is 10.1 Å². The Kier molecular flexibility index (Phi) is 8.67. The Labute approximate surface area is 190 Å². The number of nitrogens with zero attached hydrogens (tertiary/aromatic N) is 1. The summed E-state index contributed by atoms with van der Waals surface area (Å²) in [6.07, 6.45) is -4.10.